The molecule has 0 saturated heterocycles. The van der Waals surface area contributed by atoms with E-state index >= 15 is 0 Å². The number of sulfonamides is 1. The molecule has 4 rings (SSSR count). The van der Waals surface area contributed by atoms with Crippen LogP contribution >= 0.6 is 0 Å². The molecule has 11 heteroatoms. The molecule has 1 heterocycles. The van der Waals surface area contributed by atoms with Gasteiger partial charge in [-0.05, 0) is 42.5 Å². The van der Waals surface area contributed by atoms with Crippen molar-refractivity contribution in [1.82, 2.24) is 0 Å². The maximum Gasteiger partial charge on any atom is 0.416 e. The Hall–Kier alpha value is -3.73. The minimum absolute atomic E-state index is 0.0205. The lowest BCUT2D eigenvalue weighted by atomic mass is 10.2. The molecule has 0 spiro atoms. The first-order chi connectivity index (χ1) is 15.1. The molecule has 0 saturated carbocycles. The van der Waals surface area contributed by atoms with E-state index in [1.54, 1.807) is 0 Å². The van der Waals surface area contributed by atoms with Crippen LogP contribution in [0.4, 0.5) is 24.5 Å². The summed E-state index contributed by atoms with van der Waals surface area (Å²) in [6, 6.07) is 13.1. The second-order valence-corrected chi connectivity index (χ2v) is 8.47. The third kappa shape index (κ3) is 3.82. The van der Waals surface area contributed by atoms with Crippen molar-refractivity contribution in [3.63, 3.8) is 0 Å². The van der Waals surface area contributed by atoms with Gasteiger partial charge in [-0.25, -0.2) is 12.7 Å². The Balaban J connectivity index is 1.96. The maximum atomic E-state index is 13.7. The quantitative estimate of drug-likeness (QED) is 0.614. The fourth-order valence-electron chi connectivity index (χ4n) is 3.24. The molecule has 3 aromatic carbocycles. The molecule has 0 bridgehead atoms. The van der Waals surface area contributed by atoms with Crippen molar-refractivity contribution >= 4 is 27.3 Å². The van der Waals surface area contributed by atoms with Crippen molar-refractivity contribution in [3.05, 3.63) is 77.9 Å². The van der Waals surface area contributed by atoms with E-state index < -0.39 is 32.6 Å². The zero-order chi connectivity index (χ0) is 23.1. The fraction of sp³-hybridized carbons (Fsp3) is 0.0952. The summed E-state index contributed by atoms with van der Waals surface area (Å²) in [5, 5.41) is 0. The standard InChI is InChI=1S/C21H15F3N2O5S/c22-21(23,24)13-4-3-5-14(10-13)26(15-8-9-17-18(11-15)31-12-30-17)32(28,29)19-7-2-1-6-16(19)20(25)27/h1-11H,12H2,(H2,25,27). The minimum atomic E-state index is -4.70. The molecule has 0 atom stereocenters. The smallest absolute Gasteiger partial charge is 0.416 e. The number of primary amides is 1. The molecule has 7 nitrogen and oxygen atoms in total. The highest BCUT2D eigenvalue weighted by atomic mass is 32.2. The van der Waals surface area contributed by atoms with Gasteiger partial charge in [0, 0.05) is 6.07 Å². The number of carbonyl (C=O) groups excluding carboxylic acids is 1. The van der Waals surface area contributed by atoms with Gasteiger partial charge in [-0.15, -0.1) is 0 Å². The minimum Gasteiger partial charge on any atom is -0.454 e. The van der Waals surface area contributed by atoms with E-state index in [0.29, 0.717) is 16.1 Å². The molecule has 3 aromatic rings. The first kappa shape index (κ1) is 21.5. The molecule has 0 aromatic heterocycles. The number of rotatable bonds is 5. The summed E-state index contributed by atoms with van der Waals surface area (Å²) in [5.74, 6) is -0.426. The van der Waals surface area contributed by atoms with E-state index in [0.717, 1.165) is 18.2 Å². The third-order valence-electron chi connectivity index (χ3n) is 4.67. The Morgan fingerprint density at radius 3 is 2.31 bits per heavy atom. The lowest BCUT2D eigenvalue weighted by Gasteiger charge is -2.26. The van der Waals surface area contributed by atoms with Gasteiger partial charge in [-0.2, -0.15) is 13.2 Å². The summed E-state index contributed by atoms with van der Waals surface area (Å²) in [6.45, 7) is -0.0837. The van der Waals surface area contributed by atoms with Crippen LogP contribution in [0, 0.1) is 0 Å². The molecule has 0 radical (unpaired) electrons. The summed E-state index contributed by atoms with van der Waals surface area (Å²) in [6.07, 6.45) is -4.70. The second kappa shape index (κ2) is 7.75. The summed E-state index contributed by atoms with van der Waals surface area (Å²) in [5.41, 5.74) is 3.68. The van der Waals surface area contributed by atoms with Gasteiger partial charge in [0.1, 0.15) is 4.90 Å². The Bertz CT molecular complexity index is 1310. The van der Waals surface area contributed by atoms with Gasteiger partial charge in [0.05, 0.1) is 22.5 Å². The van der Waals surface area contributed by atoms with E-state index in [2.05, 4.69) is 0 Å². The molecular weight excluding hydrogens is 449 g/mol. The van der Waals surface area contributed by atoms with Crippen LogP contribution < -0.4 is 19.5 Å². The van der Waals surface area contributed by atoms with Gasteiger partial charge in [-0.3, -0.25) is 4.79 Å². The molecule has 0 aliphatic carbocycles. The molecule has 0 fully saturated rings. The number of nitrogens with two attached hydrogens (primary N) is 1. The van der Waals surface area contributed by atoms with Crippen molar-refractivity contribution in [2.45, 2.75) is 11.1 Å². The van der Waals surface area contributed by atoms with Gasteiger partial charge >= 0.3 is 6.18 Å². The highest BCUT2D eigenvalue weighted by Crippen LogP contribution is 2.41. The molecule has 1 amide bonds. The summed E-state index contributed by atoms with van der Waals surface area (Å²) >= 11 is 0. The van der Waals surface area contributed by atoms with Crippen LogP contribution in [-0.4, -0.2) is 21.1 Å². The number of hydrogen-bond acceptors (Lipinski definition) is 5. The highest BCUT2D eigenvalue weighted by molar-refractivity contribution is 7.93. The average molecular weight is 464 g/mol. The number of carbonyl (C=O) groups is 1. The first-order valence-electron chi connectivity index (χ1n) is 9.10. The largest absolute Gasteiger partial charge is 0.454 e. The Kier molecular flexibility index (Phi) is 5.21. The molecule has 0 unspecified atom stereocenters. The van der Waals surface area contributed by atoms with E-state index in [1.807, 2.05) is 0 Å². The van der Waals surface area contributed by atoms with Gasteiger partial charge in [0.25, 0.3) is 10.0 Å². The van der Waals surface area contributed by atoms with Gasteiger partial charge in [0.2, 0.25) is 12.7 Å². The lowest BCUT2D eigenvalue weighted by molar-refractivity contribution is -0.137. The van der Waals surface area contributed by atoms with Crippen LogP contribution in [0.5, 0.6) is 11.5 Å². The van der Waals surface area contributed by atoms with Crippen LogP contribution in [-0.2, 0) is 16.2 Å². The van der Waals surface area contributed by atoms with Crippen LogP contribution in [0.25, 0.3) is 0 Å². The number of benzene rings is 3. The van der Waals surface area contributed by atoms with Gasteiger partial charge < -0.3 is 15.2 Å². The normalized spacial score (nSPS) is 13.1. The van der Waals surface area contributed by atoms with Crippen molar-refractivity contribution in [2.75, 3.05) is 11.1 Å². The molecule has 32 heavy (non-hydrogen) atoms. The topological polar surface area (TPSA) is 98.9 Å². The predicted molar refractivity (Wildman–Crippen MR) is 108 cm³/mol. The number of anilines is 2. The van der Waals surface area contributed by atoms with Crippen molar-refractivity contribution in [3.8, 4) is 11.5 Å². The number of halogens is 3. The van der Waals surface area contributed by atoms with Crippen LogP contribution in [0.3, 0.4) is 0 Å². The van der Waals surface area contributed by atoms with Crippen LogP contribution in [0.2, 0.25) is 0 Å². The first-order valence-corrected chi connectivity index (χ1v) is 10.5. The molecule has 2 N–H and O–H groups in total. The Morgan fingerprint density at radius 1 is 0.906 bits per heavy atom. The molecule has 1 aliphatic rings. The van der Waals surface area contributed by atoms with Crippen molar-refractivity contribution < 1.29 is 35.9 Å². The number of ether oxygens (including phenoxy) is 2. The lowest BCUT2D eigenvalue weighted by Crippen LogP contribution is -2.29. The second-order valence-electron chi connectivity index (χ2n) is 6.72. The van der Waals surface area contributed by atoms with Crippen molar-refractivity contribution in [2.24, 2.45) is 5.73 Å². The molecular formula is C21H15F3N2O5S. The van der Waals surface area contributed by atoms with Crippen LogP contribution in [0.1, 0.15) is 15.9 Å². The maximum absolute atomic E-state index is 13.7. The zero-order valence-corrected chi connectivity index (χ0v) is 17.0. The van der Waals surface area contributed by atoms with Gasteiger partial charge in [0.15, 0.2) is 11.5 Å². The summed E-state index contributed by atoms with van der Waals surface area (Å²) in [4.78, 5) is 11.4. The summed E-state index contributed by atoms with van der Waals surface area (Å²) in [7, 11) is -4.59. The fourth-order valence-corrected chi connectivity index (χ4v) is 4.92. The predicted octanol–water partition coefficient (Wildman–Crippen LogP) is 4.06. The molecule has 1 aliphatic heterocycles. The zero-order valence-electron chi connectivity index (χ0n) is 16.2. The number of amides is 1. The monoisotopic (exact) mass is 464 g/mol. The number of fused-ring (bicyclic) bond motifs is 1. The molecule has 166 valence electrons. The van der Waals surface area contributed by atoms with Crippen LogP contribution in [0.15, 0.2) is 71.6 Å². The number of alkyl halides is 3. The van der Waals surface area contributed by atoms with Gasteiger partial charge in [-0.1, -0.05) is 18.2 Å². The average Bonchev–Trinajstić information content (AvgIpc) is 3.21. The summed E-state index contributed by atoms with van der Waals surface area (Å²) < 4.78 is 78.6. The van der Waals surface area contributed by atoms with E-state index in [1.165, 1.54) is 42.5 Å². The third-order valence-corrected chi connectivity index (χ3v) is 6.48. The van der Waals surface area contributed by atoms with Crippen molar-refractivity contribution in [1.29, 1.82) is 0 Å². The Labute approximate surface area is 180 Å². The number of nitrogens with zero attached hydrogens (tertiary/aromatic N) is 1. The SMILES string of the molecule is NC(=O)c1ccccc1S(=O)(=O)N(c1cccc(C(F)(F)F)c1)c1ccc2c(c1)OCO2. The van der Waals surface area contributed by atoms with E-state index in [-0.39, 0.29) is 29.5 Å². The Morgan fingerprint density at radius 2 is 1.59 bits per heavy atom. The number of hydrogen-bond donors (Lipinski definition) is 1. The van der Waals surface area contributed by atoms with E-state index in [4.69, 9.17) is 15.2 Å². The van der Waals surface area contributed by atoms with E-state index in [9.17, 15) is 26.4 Å². The highest BCUT2D eigenvalue weighted by Gasteiger charge is 2.35.